The summed E-state index contributed by atoms with van der Waals surface area (Å²) in [5, 5.41) is 0. The van der Waals surface area contributed by atoms with E-state index in [2.05, 4.69) is 6.07 Å². The van der Waals surface area contributed by atoms with Gasteiger partial charge in [0.2, 0.25) is 0 Å². The van der Waals surface area contributed by atoms with Crippen molar-refractivity contribution in [2.45, 2.75) is 27.7 Å². The molecule has 1 aliphatic heterocycles. The number of ether oxygens (including phenoxy) is 3. The van der Waals surface area contributed by atoms with E-state index in [9.17, 15) is 9.59 Å². The summed E-state index contributed by atoms with van der Waals surface area (Å²) in [5.74, 6) is -0.327. The van der Waals surface area contributed by atoms with Crippen LogP contribution in [-0.2, 0) is 4.79 Å². The average Bonchev–Trinajstić information content (AvgIpc) is 3.06. The van der Waals surface area contributed by atoms with E-state index in [0.717, 1.165) is 0 Å². The van der Waals surface area contributed by atoms with E-state index < -0.39 is 5.92 Å². The summed E-state index contributed by atoms with van der Waals surface area (Å²) in [4.78, 5) is 25.1. The second-order valence-electron chi connectivity index (χ2n) is 6.11. The van der Waals surface area contributed by atoms with Crippen LogP contribution in [-0.4, -0.2) is 25.0 Å². The zero-order chi connectivity index (χ0) is 16.1. The summed E-state index contributed by atoms with van der Waals surface area (Å²) < 4.78 is 16.5. The van der Waals surface area contributed by atoms with Gasteiger partial charge in [0.15, 0.2) is 23.0 Å². The van der Waals surface area contributed by atoms with E-state index in [0.29, 0.717) is 24.7 Å². The third kappa shape index (κ3) is 1.99. The monoisotopic (exact) mass is 303 g/mol. The summed E-state index contributed by atoms with van der Waals surface area (Å²) in [6.07, 6.45) is 0. The highest BCUT2D eigenvalue weighted by atomic mass is 16.5. The predicted octanol–water partition coefficient (Wildman–Crippen LogP) is 2.66. The van der Waals surface area contributed by atoms with Crippen molar-refractivity contribution in [3.05, 3.63) is 17.7 Å². The van der Waals surface area contributed by atoms with Gasteiger partial charge in [0, 0.05) is 12.0 Å². The summed E-state index contributed by atoms with van der Waals surface area (Å²) in [7, 11) is 0. The number of ketones is 1. The lowest BCUT2D eigenvalue weighted by atomic mass is 9.99. The zero-order valence-electron chi connectivity index (χ0n) is 13.2. The van der Waals surface area contributed by atoms with Crippen LogP contribution in [0.3, 0.4) is 0 Å². The van der Waals surface area contributed by atoms with Gasteiger partial charge in [0.25, 0.3) is 0 Å². The third-order valence-corrected chi connectivity index (χ3v) is 4.41. The van der Waals surface area contributed by atoms with Gasteiger partial charge in [-0.2, -0.15) is 0 Å². The summed E-state index contributed by atoms with van der Waals surface area (Å²) in [6, 6.07) is 4.39. The van der Waals surface area contributed by atoms with Crippen LogP contribution in [0.5, 0.6) is 17.2 Å². The van der Waals surface area contributed by atoms with Crippen molar-refractivity contribution in [1.29, 1.82) is 0 Å². The number of benzene rings is 1. The van der Waals surface area contributed by atoms with Crippen molar-refractivity contribution in [3.8, 4) is 17.2 Å². The van der Waals surface area contributed by atoms with Gasteiger partial charge in [0.05, 0.1) is 19.1 Å². The molecule has 2 atom stereocenters. The minimum Gasteiger partial charge on any atom is -0.490 e. The number of esters is 1. The number of rotatable bonds is 4. The van der Waals surface area contributed by atoms with Gasteiger partial charge in [-0.3, -0.25) is 9.59 Å². The molecule has 2 unspecified atom stereocenters. The molecule has 1 aromatic carbocycles. The Balaban J connectivity index is 2.14. The van der Waals surface area contributed by atoms with Crippen LogP contribution in [0.25, 0.3) is 0 Å². The van der Waals surface area contributed by atoms with Crippen LogP contribution in [0.1, 0.15) is 38.1 Å². The maximum atomic E-state index is 12.9. The van der Waals surface area contributed by atoms with Gasteiger partial charge >= 0.3 is 5.97 Å². The summed E-state index contributed by atoms with van der Waals surface area (Å²) in [6.45, 7) is 8.32. The Bertz CT molecular complexity index is 647. The number of carbonyl (C=O) groups is 2. The van der Waals surface area contributed by atoms with Crippen molar-refractivity contribution < 1.29 is 23.8 Å². The van der Waals surface area contributed by atoms with Crippen LogP contribution in [0.4, 0.5) is 0 Å². The van der Waals surface area contributed by atoms with Gasteiger partial charge in [-0.25, -0.2) is 0 Å². The Labute approximate surface area is 129 Å². The van der Waals surface area contributed by atoms with E-state index in [1.807, 2.05) is 27.7 Å². The number of hydrogen-bond donors (Lipinski definition) is 0. The molecule has 1 aromatic rings. The van der Waals surface area contributed by atoms with Crippen LogP contribution in [0, 0.1) is 23.3 Å². The fourth-order valence-electron chi connectivity index (χ4n) is 3.24. The molecule has 22 heavy (non-hydrogen) atoms. The maximum Gasteiger partial charge on any atom is 0.315 e. The molecule has 1 radical (unpaired) electrons. The Hall–Kier alpha value is -2.04. The first kappa shape index (κ1) is 14.9. The fraction of sp³-hybridized carbons (Fsp3) is 0.529. The predicted molar refractivity (Wildman–Crippen MR) is 78.3 cm³/mol. The average molecular weight is 303 g/mol. The molecular weight excluding hydrogens is 284 g/mol. The highest BCUT2D eigenvalue weighted by Gasteiger charge is 2.68. The molecular formula is C17H19O5. The largest absolute Gasteiger partial charge is 0.490 e. The molecule has 1 aliphatic carbocycles. The van der Waals surface area contributed by atoms with Crippen LogP contribution < -0.4 is 14.2 Å². The Kier molecular flexibility index (Phi) is 3.38. The van der Waals surface area contributed by atoms with Crippen molar-refractivity contribution >= 4 is 11.8 Å². The van der Waals surface area contributed by atoms with E-state index >= 15 is 0 Å². The maximum absolute atomic E-state index is 12.9. The van der Waals surface area contributed by atoms with Gasteiger partial charge in [-0.05, 0) is 25.3 Å². The quantitative estimate of drug-likeness (QED) is 0.632. The minimum absolute atomic E-state index is 0.128. The second kappa shape index (κ2) is 5.00. The molecule has 1 saturated carbocycles. The lowest BCUT2D eigenvalue weighted by molar-refractivity contribution is -0.136. The van der Waals surface area contributed by atoms with E-state index in [1.54, 1.807) is 6.07 Å². The lowest BCUT2D eigenvalue weighted by Crippen LogP contribution is -2.15. The first-order valence-electron chi connectivity index (χ1n) is 7.53. The molecule has 0 saturated heterocycles. The molecule has 0 spiro atoms. The Morgan fingerprint density at radius 2 is 1.86 bits per heavy atom. The van der Waals surface area contributed by atoms with Crippen molar-refractivity contribution in [3.63, 3.8) is 0 Å². The zero-order valence-corrected chi connectivity index (χ0v) is 13.2. The van der Waals surface area contributed by atoms with Gasteiger partial charge in [-0.1, -0.05) is 13.8 Å². The standard InChI is InChI=1S/C17H19O5/c1-5-20-10-8-7-9-11(15(10)21-6-2)14(18)12-13(16(19)22-9)17(12,3)4/h8,12-13H,5-6H2,1-4H3. The van der Waals surface area contributed by atoms with E-state index in [1.165, 1.54) is 0 Å². The fourth-order valence-corrected chi connectivity index (χ4v) is 3.24. The molecule has 0 bridgehead atoms. The molecule has 2 aliphatic rings. The van der Waals surface area contributed by atoms with Crippen LogP contribution >= 0.6 is 0 Å². The molecule has 117 valence electrons. The minimum atomic E-state index is -0.397. The highest BCUT2D eigenvalue weighted by molar-refractivity contribution is 6.10. The normalized spacial score (nSPS) is 24.7. The SMILES string of the molecule is CCOc1c[c]c2c(c1OCC)C(=O)C1C(C(=O)O2)C1(C)C. The molecule has 1 heterocycles. The van der Waals surface area contributed by atoms with Gasteiger partial charge in [-0.15, -0.1) is 0 Å². The molecule has 0 aromatic heterocycles. The van der Waals surface area contributed by atoms with Gasteiger partial charge in [0.1, 0.15) is 5.56 Å². The van der Waals surface area contributed by atoms with E-state index in [-0.39, 0.29) is 34.4 Å². The second-order valence-corrected chi connectivity index (χ2v) is 6.11. The van der Waals surface area contributed by atoms with Crippen molar-refractivity contribution in [2.24, 2.45) is 17.3 Å². The van der Waals surface area contributed by atoms with Crippen LogP contribution in [0.15, 0.2) is 6.07 Å². The number of fused-ring (bicyclic) bond motifs is 2. The van der Waals surface area contributed by atoms with Crippen molar-refractivity contribution in [1.82, 2.24) is 0 Å². The summed E-state index contributed by atoms with van der Waals surface area (Å²) in [5.41, 5.74) is -0.101. The first-order valence-corrected chi connectivity index (χ1v) is 7.53. The third-order valence-electron chi connectivity index (χ3n) is 4.41. The number of Topliss-reactive ketones (excluding diaryl/α,β-unsaturated/α-hetero) is 1. The smallest absolute Gasteiger partial charge is 0.315 e. The highest BCUT2D eigenvalue weighted by Crippen LogP contribution is 2.62. The number of carbonyl (C=O) groups excluding carboxylic acids is 2. The summed E-state index contributed by atoms with van der Waals surface area (Å²) >= 11 is 0. The molecule has 0 N–H and O–H groups in total. The Morgan fingerprint density at radius 3 is 2.50 bits per heavy atom. The molecule has 5 nitrogen and oxygen atoms in total. The lowest BCUT2D eigenvalue weighted by Gasteiger charge is -2.17. The molecule has 0 amide bonds. The molecule has 5 heteroatoms. The van der Waals surface area contributed by atoms with Crippen LogP contribution in [0.2, 0.25) is 0 Å². The van der Waals surface area contributed by atoms with Crippen molar-refractivity contribution in [2.75, 3.05) is 13.2 Å². The topological polar surface area (TPSA) is 61.8 Å². The van der Waals surface area contributed by atoms with Gasteiger partial charge < -0.3 is 14.2 Å². The first-order chi connectivity index (χ1) is 10.4. The molecule has 3 rings (SSSR count). The van der Waals surface area contributed by atoms with E-state index in [4.69, 9.17) is 14.2 Å². The Morgan fingerprint density at radius 1 is 1.18 bits per heavy atom. The number of hydrogen-bond acceptors (Lipinski definition) is 5. The molecule has 1 fully saturated rings.